The van der Waals surface area contributed by atoms with Gasteiger partial charge in [0.05, 0.1) is 6.04 Å². The number of rotatable bonds is 14. The van der Waals surface area contributed by atoms with Crippen molar-refractivity contribution in [1.82, 2.24) is 21.3 Å². The average Bonchev–Trinajstić information content (AvgIpc) is 3.47. The number of amides is 4. The van der Waals surface area contributed by atoms with Gasteiger partial charge >= 0.3 is 6.09 Å². The van der Waals surface area contributed by atoms with Crippen molar-refractivity contribution in [2.75, 3.05) is 13.1 Å². The van der Waals surface area contributed by atoms with E-state index in [0.717, 1.165) is 43.2 Å². The summed E-state index contributed by atoms with van der Waals surface area (Å²) in [6, 6.07) is 14.5. The molecule has 1 aliphatic heterocycles. The summed E-state index contributed by atoms with van der Waals surface area (Å²) in [5.74, 6) is -2.81. The van der Waals surface area contributed by atoms with Gasteiger partial charge in [0, 0.05) is 29.4 Å². The third-order valence-corrected chi connectivity index (χ3v) is 9.57. The van der Waals surface area contributed by atoms with Gasteiger partial charge in [-0.05, 0) is 55.4 Å². The van der Waals surface area contributed by atoms with E-state index in [2.05, 4.69) is 21.3 Å². The third-order valence-electron chi connectivity index (χ3n) is 9.33. The van der Waals surface area contributed by atoms with E-state index in [1.165, 1.54) is 0 Å². The molecule has 2 aliphatic rings. The minimum atomic E-state index is -1.23. The first-order valence-electron chi connectivity index (χ1n) is 16.7. The molecule has 1 saturated carbocycles. The maximum absolute atomic E-state index is 13.9. The van der Waals surface area contributed by atoms with Gasteiger partial charge in [-0.3, -0.25) is 19.2 Å². The number of ketones is 1. The fraction of sp³-hybridized carbons (Fsp3) is 0.528. The van der Waals surface area contributed by atoms with Crippen LogP contribution in [0.4, 0.5) is 4.79 Å². The molecule has 10 nitrogen and oxygen atoms in total. The zero-order chi connectivity index (χ0) is 34.0. The molecule has 0 aromatic heterocycles. The number of carbonyl (C=O) groups excluding carboxylic acids is 5. The van der Waals surface area contributed by atoms with Crippen LogP contribution < -0.4 is 21.3 Å². The van der Waals surface area contributed by atoms with Gasteiger partial charge in [-0.1, -0.05) is 100 Å². The number of ether oxygens (including phenoxy) is 1. The van der Waals surface area contributed by atoms with Gasteiger partial charge < -0.3 is 26.0 Å². The maximum Gasteiger partial charge on any atom is 0.408 e. The molecule has 4 amide bonds. The summed E-state index contributed by atoms with van der Waals surface area (Å²) in [4.78, 5) is 65.8. The largest absolute Gasteiger partial charge is 0.440 e. The van der Waals surface area contributed by atoms with Gasteiger partial charge in [-0.25, -0.2) is 4.79 Å². The lowest BCUT2D eigenvalue weighted by atomic mass is 9.76. The summed E-state index contributed by atoms with van der Waals surface area (Å²) >= 11 is 6.33. The van der Waals surface area contributed by atoms with E-state index in [1.807, 2.05) is 62.4 Å². The van der Waals surface area contributed by atoms with Crippen molar-refractivity contribution >= 4 is 41.2 Å². The molecule has 1 aliphatic carbocycles. The summed E-state index contributed by atoms with van der Waals surface area (Å²) in [6.07, 6.45) is 4.31. The minimum Gasteiger partial charge on any atom is -0.440 e. The Morgan fingerprint density at radius 2 is 1.66 bits per heavy atom. The molecule has 4 unspecified atom stereocenters. The number of benzene rings is 2. The highest BCUT2D eigenvalue weighted by Crippen LogP contribution is 2.40. The van der Waals surface area contributed by atoms with Crippen molar-refractivity contribution in [2.24, 2.45) is 11.8 Å². The molecule has 4 atom stereocenters. The second-order valence-corrected chi connectivity index (χ2v) is 13.6. The standard InChI is InChI=1S/C36H47ClN4O6/c1-4-38-34(45)30(42)28(21-25-18-19-39-32(25)43)40-33(44)29(20-23-12-7-5-8-13-23)41-35(46)47-31(24-14-9-6-10-15-24)36(2,3)26-16-11-17-27(37)22-26/h6,9-11,14-17,22-23,25,28-29,31H,4-5,7-8,12-13,18-21H2,1-3H3,(H,38,45)(H,39,43)(H,40,44)(H,41,46). The molecular formula is C36H47ClN4O6. The van der Waals surface area contributed by atoms with Crippen LogP contribution in [0.5, 0.6) is 0 Å². The van der Waals surface area contributed by atoms with Gasteiger partial charge in [0.25, 0.3) is 5.91 Å². The van der Waals surface area contributed by atoms with Gasteiger partial charge in [-0.15, -0.1) is 0 Å². The van der Waals surface area contributed by atoms with Crippen LogP contribution in [0.2, 0.25) is 5.02 Å². The molecule has 2 fully saturated rings. The van der Waals surface area contributed by atoms with Crippen LogP contribution in [0, 0.1) is 11.8 Å². The van der Waals surface area contributed by atoms with Crippen molar-refractivity contribution in [3.63, 3.8) is 0 Å². The van der Waals surface area contributed by atoms with E-state index in [9.17, 15) is 24.0 Å². The number of nitrogens with one attached hydrogen (secondary N) is 4. The maximum atomic E-state index is 13.9. The zero-order valence-corrected chi connectivity index (χ0v) is 28.2. The van der Waals surface area contributed by atoms with Crippen LogP contribution in [0.1, 0.15) is 89.4 Å². The van der Waals surface area contributed by atoms with Crippen LogP contribution >= 0.6 is 11.6 Å². The SMILES string of the molecule is CCNC(=O)C(=O)C(CC1CCNC1=O)NC(=O)C(CC1CCCCC1)NC(=O)OC(c1ccccc1)C(C)(C)c1cccc(Cl)c1. The van der Waals surface area contributed by atoms with Gasteiger partial charge in [0.2, 0.25) is 17.6 Å². The lowest BCUT2D eigenvalue weighted by Gasteiger charge is -2.35. The van der Waals surface area contributed by atoms with Crippen molar-refractivity contribution in [3.8, 4) is 0 Å². The summed E-state index contributed by atoms with van der Waals surface area (Å²) in [5, 5.41) is 11.3. The fourth-order valence-corrected chi connectivity index (χ4v) is 6.83. The van der Waals surface area contributed by atoms with Crippen LogP contribution in [0.15, 0.2) is 54.6 Å². The Balaban J connectivity index is 1.58. The van der Waals surface area contributed by atoms with E-state index in [0.29, 0.717) is 24.4 Å². The molecule has 1 saturated heterocycles. The number of hydrogen-bond donors (Lipinski definition) is 4. The smallest absolute Gasteiger partial charge is 0.408 e. The molecule has 0 spiro atoms. The van der Waals surface area contributed by atoms with E-state index >= 15 is 0 Å². The van der Waals surface area contributed by atoms with Crippen LogP contribution in [0.3, 0.4) is 0 Å². The second-order valence-electron chi connectivity index (χ2n) is 13.2. The summed E-state index contributed by atoms with van der Waals surface area (Å²) in [5.41, 5.74) is 0.922. The quantitative estimate of drug-likeness (QED) is 0.206. The van der Waals surface area contributed by atoms with E-state index in [-0.39, 0.29) is 24.8 Å². The second kappa shape index (κ2) is 16.8. The average molecular weight is 667 g/mol. The lowest BCUT2D eigenvalue weighted by molar-refractivity contribution is -0.140. The summed E-state index contributed by atoms with van der Waals surface area (Å²) in [6.45, 7) is 6.32. The molecule has 4 rings (SSSR count). The van der Waals surface area contributed by atoms with Crippen molar-refractivity contribution in [3.05, 3.63) is 70.7 Å². The molecule has 47 heavy (non-hydrogen) atoms. The highest BCUT2D eigenvalue weighted by atomic mass is 35.5. The van der Waals surface area contributed by atoms with Crippen LogP contribution in [-0.4, -0.2) is 54.8 Å². The minimum absolute atomic E-state index is 0.0158. The first-order valence-corrected chi connectivity index (χ1v) is 17.1. The number of hydrogen-bond acceptors (Lipinski definition) is 6. The molecular weight excluding hydrogens is 620 g/mol. The van der Waals surface area contributed by atoms with E-state index in [4.69, 9.17) is 16.3 Å². The lowest BCUT2D eigenvalue weighted by Crippen LogP contribution is -2.55. The monoisotopic (exact) mass is 666 g/mol. The molecule has 0 bridgehead atoms. The van der Waals surface area contributed by atoms with Gasteiger partial charge in [0.1, 0.15) is 12.1 Å². The van der Waals surface area contributed by atoms with Gasteiger partial charge in [0.15, 0.2) is 0 Å². The molecule has 11 heteroatoms. The predicted molar refractivity (Wildman–Crippen MR) is 180 cm³/mol. The molecule has 2 aromatic carbocycles. The fourth-order valence-electron chi connectivity index (χ4n) is 6.64. The Kier molecular flexibility index (Phi) is 12.8. The van der Waals surface area contributed by atoms with Crippen molar-refractivity contribution in [2.45, 2.75) is 95.7 Å². The highest BCUT2D eigenvalue weighted by molar-refractivity contribution is 6.38. The number of halogens is 1. The van der Waals surface area contributed by atoms with Gasteiger partial charge in [-0.2, -0.15) is 0 Å². The van der Waals surface area contributed by atoms with Crippen molar-refractivity contribution < 1.29 is 28.7 Å². The van der Waals surface area contributed by atoms with Crippen molar-refractivity contribution in [1.29, 1.82) is 0 Å². The number of alkyl carbamates (subject to hydrolysis) is 1. The molecule has 1 heterocycles. The first kappa shape index (κ1) is 35.9. The summed E-state index contributed by atoms with van der Waals surface area (Å²) < 4.78 is 6.15. The summed E-state index contributed by atoms with van der Waals surface area (Å²) in [7, 11) is 0. The number of Topliss-reactive ketones (excluding diaryl/α,β-unsaturated/α-hetero) is 1. The number of likely N-dealkylation sites (N-methyl/N-ethyl adjacent to an activating group) is 1. The molecule has 254 valence electrons. The molecule has 4 N–H and O–H groups in total. The Hall–Kier alpha value is -3.92. The van der Waals surface area contributed by atoms with E-state index in [1.54, 1.807) is 13.0 Å². The van der Waals surface area contributed by atoms with Crippen LogP contribution in [0.25, 0.3) is 0 Å². The third kappa shape index (κ3) is 9.79. The molecule has 0 radical (unpaired) electrons. The predicted octanol–water partition coefficient (Wildman–Crippen LogP) is 5.14. The number of carbonyl (C=O) groups is 5. The Morgan fingerprint density at radius 1 is 0.936 bits per heavy atom. The first-order chi connectivity index (χ1) is 22.5. The topological polar surface area (TPSA) is 143 Å². The normalized spacial score (nSPS) is 18.7. The zero-order valence-electron chi connectivity index (χ0n) is 27.5. The Morgan fingerprint density at radius 3 is 2.30 bits per heavy atom. The Labute approximate surface area is 282 Å². The van der Waals surface area contributed by atoms with E-state index < -0.39 is 53.2 Å². The van der Waals surface area contributed by atoms with Crippen LogP contribution in [-0.2, 0) is 29.3 Å². The highest BCUT2D eigenvalue weighted by Gasteiger charge is 2.39. The Bertz CT molecular complexity index is 1410. The molecule has 2 aromatic rings.